The monoisotopic (exact) mass is 577 g/mol. The fraction of sp³-hybridized carbons (Fsp3) is 0.861. The average molecular weight is 578 g/mol. The number of amides is 3. The van der Waals surface area contributed by atoms with Crippen molar-refractivity contribution in [1.82, 2.24) is 16.0 Å². The Morgan fingerprint density at radius 1 is 0.524 bits per heavy atom. The predicted molar refractivity (Wildman–Crippen MR) is 163 cm³/mol. The maximum absolute atomic E-state index is 13.9. The summed E-state index contributed by atoms with van der Waals surface area (Å²) < 4.78 is 0. The molecule has 6 bridgehead atoms. The number of carbonyl (C=O) groups is 3. The van der Waals surface area contributed by atoms with Gasteiger partial charge in [0.25, 0.3) is 0 Å². The average Bonchev–Trinajstić information content (AvgIpc) is 3.07. The van der Waals surface area contributed by atoms with Gasteiger partial charge in [0.05, 0.1) is 11.4 Å². The van der Waals surface area contributed by atoms with E-state index in [9.17, 15) is 14.4 Å². The van der Waals surface area contributed by atoms with E-state index in [-0.39, 0.29) is 68.0 Å². The van der Waals surface area contributed by atoms with Crippen LogP contribution >= 0.6 is 0 Å². The van der Waals surface area contributed by atoms with Crippen LogP contribution in [0.2, 0.25) is 0 Å². The van der Waals surface area contributed by atoms with Crippen molar-refractivity contribution in [2.45, 2.75) is 126 Å². The minimum Gasteiger partial charge on any atom is -0.342 e. The maximum atomic E-state index is 13.9. The molecule has 0 aliphatic heterocycles. The minimum atomic E-state index is -0.407. The van der Waals surface area contributed by atoms with Crippen LogP contribution in [0.4, 0.5) is 0 Å². The molecular formula is C36H55N3O3. The zero-order valence-corrected chi connectivity index (χ0v) is 27.6. The number of rotatable bonds is 6. The Labute approximate surface area is 253 Å². The van der Waals surface area contributed by atoms with Gasteiger partial charge in [0.2, 0.25) is 17.7 Å². The first kappa shape index (κ1) is 28.9. The lowest BCUT2D eigenvalue weighted by molar-refractivity contribution is -0.131. The molecule has 7 rings (SSSR count). The molecular weight excluding hydrogens is 522 g/mol. The minimum absolute atomic E-state index is 0.0179. The molecule has 6 saturated carbocycles. The van der Waals surface area contributed by atoms with Crippen LogP contribution in [-0.2, 0) is 14.4 Å². The summed E-state index contributed by atoms with van der Waals surface area (Å²) in [6, 6.07) is -0.407. The molecule has 6 fully saturated rings. The van der Waals surface area contributed by atoms with E-state index in [4.69, 9.17) is 0 Å². The normalized spacial score (nSPS) is 48.1. The van der Waals surface area contributed by atoms with Gasteiger partial charge >= 0.3 is 0 Å². The summed E-state index contributed by atoms with van der Waals surface area (Å²) in [6.45, 7) is 20.9. The highest BCUT2D eigenvalue weighted by Crippen LogP contribution is 2.70. The number of carbonyl (C=O) groups excluding carboxylic acids is 3. The number of nitrogens with one attached hydrogen (secondary N) is 3. The van der Waals surface area contributed by atoms with Crippen LogP contribution in [0.3, 0.4) is 0 Å². The fourth-order valence-electron chi connectivity index (χ4n) is 12.1. The highest BCUT2D eigenvalue weighted by molar-refractivity contribution is 5.89. The number of fused-ring (bicyclic) bond motifs is 6. The lowest BCUT2D eigenvalue weighted by Gasteiger charge is -2.38. The molecule has 6 nitrogen and oxygen atoms in total. The number of hydrogen-bond donors (Lipinski definition) is 3. The van der Waals surface area contributed by atoms with Gasteiger partial charge in [-0.2, -0.15) is 0 Å². The molecule has 6 heteroatoms. The van der Waals surface area contributed by atoms with Crippen LogP contribution in [0, 0.1) is 68.0 Å². The standard InChI is InChI=1S/C36H55N3O3/c1-31(2)19-10-13-34(31,7)22(16-19)28(40)37-25-26(38-29(41)23-17-20-11-14-35(23,8)32(20,3)4)27(25)39-30(42)24-18-21-12-15-36(24,9)33(21,5)6/h19-25H,10-18H2,1-9H3,(H,37,40)(H,38,41)(H,39,42). The molecule has 9 unspecified atom stereocenters. The van der Waals surface area contributed by atoms with E-state index in [2.05, 4.69) is 78.3 Å². The molecule has 0 heterocycles. The van der Waals surface area contributed by atoms with Crippen molar-refractivity contribution in [2.24, 2.45) is 68.0 Å². The lowest BCUT2D eigenvalue weighted by atomic mass is 9.66. The van der Waals surface area contributed by atoms with Crippen LogP contribution in [-0.4, -0.2) is 23.8 Å². The van der Waals surface area contributed by atoms with Crippen molar-refractivity contribution >= 4 is 17.7 Å². The van der Waals surface area contributed by atoms with Gasteiger partial charge in [-0.3, -0.25) is 14.4 Å². The van der Waals surface area contributed by atoms with Gasteiger partial charge in [-0.15, -0.1) is 0 Å². The molecule has 3 N–H and O–H groups in total. The van der Waals surface area contributed by atoms with E-state index >= 15 is 0 Å². The summed E-state index contributed by atoms with van der Waals surface area (Å²) in [4.78, 5) is 41.6. The summed E-state index contributed by atoms with van der Waals surface area (Å²) in [6.07, 6.45) is 9.63. The molecule has 0 aromatic rings. The third-order valence-electron chi connectivity index (χ3n) is 16.9. The van der Waals surface area contributed by atoms with E-state index in [1.807, 2.05) is 0 Å². The Hall–Kier alpha value is -1.85. The van der Waals surface area contributed by atoms with Crippen LogP contribution in [0.25, 0.3) is 0 Å². The van der Waals surface area contributed by atoms with Crippen molar-refractivity contribution in [2.75, 3.05) is 0 Å². The molecule has 9 atom stereocenters. The van der Waals surface area contributed by atoms with Gasteiger partial charge in [0.15, 0.2) is 0 Å². The van der Waals surface area contributed by atoms with Crippen molar-refractivity contribution in [3.8, 4) is 0 Å². The largest absolute Gasteiger partial charge is 0.342 e. The summed E-state index contributed by atoms with van der Waals surface area (Å²) in [5, 5.41) is 9.85. The van der Waals surface area contributed by atoms with E-state index < -0.39 is 6.04 Å². The van der Waals surface area contributed by atoms with Gasteiger partial charge in [-0.05, 0) is 108 Å². The predicted octanol–water partition coefficient (Wildman–Crippen LogP) is 6.32. The van der Waals surface area contributed by atoms with Gasteiger partial charge in [-0.25, -0.2) is 0 Å². The molecule has 42 heavy (non-hydrogen) atoms. The quantitative estimate of drug-likeness (QED) is 0.345. The Kier molecular flexibility index (Phi) is 5.81. The van der Waals surface area contributed by atoms with E-state index in [1.54, 1.807) is 0 Å². The first-order chi connectivity index (χ1) is 19.4. The van der Waals surface area contributed by atoms with E-state index in [0.29, 0.717) is 29.1 Å². The Morgan fingerprint density at radius 2 is 0.833 bits per heavy atom. The van der Waals surface area contributed by atoms with Crippen molar-refractivity contribution in [1.29, 1.82) is 0 Å². The number of hydrogen-bond acceptors (Lipinski definition) is 3. The summed E-state index contributed by atoms with van der Waals surface area (Å²) in [7, 11) is 0. The van der Waals surface area contributed by atoms with E-state index in [0.717, 1.165) is 38.5 Å². The van der Waals surface area contributed by atoms with Gasteiger partial charge in [-0.1, -0.05) is 62.3 Å². The molecule has 0 aromatic heterocycles. The van der Waals surface area contributed by atoms with Crippen LogP contribution in [0.1, 0.15) is 120 Å². The molecule has 7 aliphatic carbocycles. The zero-order valence-electron chi connectivity index (χ0n) is 27.6. The van der Waals surface area contributed by atoms with Crippen molar-refractivity contribution in [3.05, 3.63) is 11.4 Å². The summed E-state index contributed by atoms with van der Waals surface area (Å²) >= 11 is 0. The second-order valence-corrected chi connectivity index (χ2v) is 18.2. The molecule has 7 aliphatic rings. The van der Waals surface area contributed by atoms with E-state index in [1.165, 1.54) is 19.3 Å². The molecule has 0 spiro atoms. The molecule has 0 radical (unpaired) electrons. The van der Waals surface area contributed by atoms with Gasteiger partial charge in [0.1, 0.15) is 6.04 Å². The fourth-order valence-corrected chi connectivity index (χ4v) is 12.1. The second-order valence-electron chi connectivity index (χ2n) is 18.2. The first-order valence-electron chi connectivity index (χ1n) is 17.1. The maximum Gasteiger partial charge on any atom is 0.227 e. The first-order valence-corrected chi connectivity index (χ1v) is 17.1. The Morgan fingerprint density at radius 3 is 1.10 bits per heavy atom. The second kappa shape index (κ2) is 8.44. The third kappa shape index (κ3) is 3.36. The molecule has 0 aromatic carbocycles. The highest BCUT2D eigenvalue weighted by Gasteiger charge is 2.66. The van der Waals surface area contributed by atoms with Crippen molar-refractivity contribution in [3.63, 3.8) is 0 Å². The van der Waals surface area contributed by atoms with Crippen molar-refractivity contribution < 1.29 is 14.4 Å². The Bertz CT molecular complexity index is 1230. The topological polar surface area (TPSA) is 87.3 Å². The third-order valence-corrected chi connectivity index (χ3v) is 16.9. The van der Waals surface area contributed by atoms with Gasteiger partial charge < -0.3 is 16.0 Å². The zero-order chi connectivity index (χ0) is 30.4. The van der Waals surface area contributed by atoms with Crippen LogP contribution in [0.15, 0.2) is 11.4 Å². The molecule has 3 amide bonds. The SMILES string of the molecule is CC1(C)C2CCC1(C)C(C(=O)NC1=C(NC(=O)C3CC4CCC3(C)C4(C)C)C1NC(=O)C1CC3CCC1(C)C3(C)C)C2. The van der Waals surface area contributed by atoms with Gasteiger partial charge in [0, 0.05) is 17.8 Å². The van der Waals surface area contributed by atoms with Crippen LogP contribution < -0.4 is 16.0 Å². The Balaban J connectivity index is 1.10. The molecule has 232 valence electrons. The lowest BCUT2D eigenvalue weighted by Crippen LogP contribution is -2.45. The summed E-state index contributed by atoms with van der Waals surface area (Å²) in [5.74, 6) is 1.82. The summed E-state index contributed by atoms with van der Waals surface area (Å²) in [5.41, 5.74) is 1.80. The smallest absolute Gasteiger partial charge is 0.227 e. The highest BCUT2D eigenvalue weighted by atomic mass is 16.2. The van der Waals surface area contributed by atoms with Crippen LogP contribution in [0.5, 0.6) is 0 Å². The molecule has 0 saturated heterocycles.